The van der Waals surface area contributed by atoms with E-state index in [1.807, 2.05) is 30.3 Å². The number of H-pyrrole nitrogens is 1. The van der Waals surface area contributed by atoms with E-state index < -0.39 is 0 Å². The highest BCUT2D eigenvalue weighted by Crippen LogP contribution is 2.21. The van der Waals surface area contributed by atoms with E-state index in [9.17, 15) is 4.79 Å². The van der Waals surface area contributed by atoms with E-state index in [-0.39, 0.29) is 12.0 Å². The second-order valence-corrected chi connectivity index (χ2v) is 4.54. The van der Waals surface area contributed by atoms with Crippen LogP contribution < -0.4 is 5.32 Å². The van der Waals surface area contributed by atoms with Crippen LogP contribution in [0.15, 0.2) is 36.5 Å². The van der Waals surface area contributed by atoms with Crippen LogP contribution in [0.2, 0.25) is 0 Å². The minimum Gasteiger partial charge on any atom is -0.368 e. The van der Waals surface area contributed by atoms with Crippen molar-refractivity contribution in [3.63, 3.8) is 0 Å². The molecule has 1 saturated heterocycles. The van der Waals surface area contributed by atoms with Crippen molar-refractivity contribution in [3.8, 4) is 11.3 Å². The van der Waals surface area contributed by atoms with Crippen LogP contribution in [0.25, 0.3) is 11.3 Å². The molecule has 5 nitrogen and oxygen atoms in total. The maximum absolute atomic E-state index is 12.0. The molecule has 1 aliphatic rings. The Morgan fingerprint density at radius 2 is 2.37 bits per heavy atom. The second-order valence-electron chi connectivity index (χ2n) is 4.54. The monoisotopic (exact) mass is 257 g/mol. The number of ether oxygens (including phenoxy) is 1. The molecule has 2 aromatic rings. The third-order valence-electron chi connectivity index (χ3n) is 3.16. The van der Waals surface area contributed by atoms with Gasteiger partial charge in [0.25, 0.3) is 5.91 Å². The number of carbonyl (C=O) groups is 1. The van der Waals surface area contributed by atoms with Gasteiger partial charge in [-0.3, -0.25) is 9.89 Å². The highest BCUT2D eigenvalue weighted by Gasteiger charge is 2.23. The van der Waals surface area contributed by atoms with Gasteiger partial charge in [-0.15, -0.1) is 0 Å². The summed E-state index contributed by atoms with van der Waals surface area (Å²) in [5, 5.41) is 9.71. The molecule has 0 unspecified atom stereocenters. The highest BCUT2D eigenvalue weighted by molar-refractivity contribution is 5.94. The van der Waals surface area contributed by atoms with Crippen LogP contribution in [0.4, 0.5) is 5.69 Å². The number of nitrogens with one attached hydrogen (secondary N) is 2. The van der Waals surface area contributed by atoms with Crippen LogP contribution in [-0.2, 0) is 9.53 Å². The second kappa shape index (κ2) is 5.24. The molecule has 1 fully saturated rings. The van der Waals surface area contributed by atoms with Gasteiger partial charge in [0, 0.05) is 24.1 Å². The summed E-state index contributed by atoms with van der Waals surface area (Å²) in [6.45, 7) is 0.673. The fourth-order valence-electron chi connectivity index (χ4n) is 2.19. The fourth-order valence-corrected chi connectivity index (χ4v) is 2.19. The third-order valence-corrected chi connectivity index (χ3v) is 3.16. The van der Waals surface area contributed by atoms with Crippen molar-refractivity contribution in [3.05, 3.63) is 36.5 Å². The van der Waals surface area contributed by atoms with E-state index in [0.29, 0.717) is 6.61 Å². The van der Waals surface area contributed by atoms with Gasteiger partial charge in [0.05, 0.1) is 5.69 Å². The first-order valence-corrected chi connectivity index (χ1v) is 6.35. The van der Waals surface area contributed by atoms with E-state index >= 15 is 0 Å². The third kappa shape index (κ3) is 2.66. The molecule has 1 atom stereocenters. The SMILES string of the molecule is O=C(Nc1cccc(-c2ccn[nH]2)c1)[C@@H]1CCCO1. The molecule has 0 radical (unpaired) electrons. The predicted octanol–water partition coefficient (Wildman–Crippen LogP) is 2.19. The van der Waals surface area contributed by atoms with Crippen molar-refractivity contribution in [2.75, 3.05) is 11.9 Å². The molecule has 1 aromatic heterocycles. The van der Waals surface area contributed by atoms with Crippen LogP contribution in [0, 0.1) is 0 Å². The molecule has 19 heavy (non-hydrogen) atoms. The van der Waals surface area contributed by atoms with Crippen molar-refractivity contribution in [2.24, 2.45) is 0 Å². The van der Waals surface area contributed by atoms with E-state index in [2.05, 4.69) is 15.5 Å². The van der Waals surface area contributed by atoms with Crippen LogP contribution in [0.3, 0.4) is 0 Å². The zero-order valence-electron chi connectivity index (χ0n) is 10.4. The molecule has 1 aromatic carbocycles. The maximum Gasteiger partial charge on any atom is 0.253 e. The van der Waals surface area contributed by atoms with E-state index in [4.69, 9.17) is 4.74 Å². The lowest BCUT2D eigenvalue weighted by Crippen LogP contribution is -2.26. The van der Waals surface area contributed by atoms with Gasteiger partial charge in [-0.1, -0.05) is 12.1 Å². The van der Waals surface area contributed by atoms with E-state index in [1.165, 1.54) is 0 Å². The summed E-state index contributed by atoms with van der Waals surface area (Å²) < 4.78 is 5.36. The summed E-state index contributed by atoms with van der Waals surface area (Å²) in [5.41, 5.74) is 2.68. The van der Waals surface area contributed by atoms with Gasteiger partial charge in [0.2, 0.25) is 0 Å². The first kappa shape index (κ1) is 11.9. The molecule has 98 valence electrons. The van der Waals surface area contributed by atoms with Gasteiger partial charge in [0.1, 0.15) is 6.10 Å². The molecule has 2 N–H and O–H groups in total. The standard InChI is InChI=1S/C14H15N3O2/c18-14(13-5-2-8-19-13)16-11-4-1-3-10(9-11)12-6-7-15-17-12/h1,3-4,6-7,9,13H,2,5,8H2,(H,15,17)(H,16,18)/t13-/m0/s1. The number of benzene rings is 1. The summed E-state index contributed by atoms with van der Waals surface area (Å²) in [5.74, 6) is -0.0701. The predicted molar refractivity (Wildman–Crippen MR) is 71.6 cm³/mol. The van der Waals surface area contributed by atoms with Crippen LogP contribution in [0.5, 0.6) is 0 Å². The van der Waals surface area contributed by atoms with E-state index in [0.717, 1.165) is 29.8 Å². The molecule has 5 heteroatoms. The van der Waals surface area contributed by atoms with Crippen LogP contribution >= 0.6 is 0 Å². The zero-order valence-corrected chi connectivity index (χ0v) is 10.4. The number of aromatic nitrogens is 2. The average Bonchev–Trinajstić information content (AvgIpc) is 3.13. The summed E-state index contributed by atoms with van der Waals surface area (Å²) in [6.07, 6.45) is 3.14. The van der Waals surface area contributed by atoms with E-state index in [1.54, 1.807) is 6.20 Å². The maximum atomic E-state index is 12.0. The smallest absolute Gasteiger partial charge is 0.253 e. The number of hydrogen-bond donors (Lipinski definition) is 2. The Morgan fingerprint density at radius 3 is 3.11 bits per heavy atom. The molecule has 0 spiro atoms. The zero-order chi connectivity index (χ0) is 13.1. The molecule has 1 amide bonds. The number of carbonyl (C=O) groups excluding carboxylic acids is 1. The fraction of sp³-hybridized carbons (Fsp3) is 0.286. The summed E-state index contributed by atoms with van der Waals surface area (Å²) in [4.78, 5) is 12.0. The Hall–Kier alpha value is -2.14. The van der Waals surface area contributed by atoms with Crippen molar-refractivity contribution < 1.29 is 9.53 Å². The Labute approximate surface area is 111 Å². The number of nitrogens with zero attached hydrogens (tertiary/aromatic N) is 1. The van der Waals surface area contributed by atoms with Crippen molar-refractivity contribution >= 4 is 11.6 Å². The van der Waals surface area contributed by atoms with Gasteiger partial charge < -0.3 is 10.1 Å². The lowest BCUT2D eigenvalue weighted by molar-refractivity contribution is -0.124. The van der Waals surface area contributed by atoms with Gasteiger partial charge in [-0.25, -0.2) is 0 Å². The van der Waals surface area contributed by atoms with Crippen LogP contribution in [-0.4, -0.2) is 28.8 Å². The highest BCUT2D eigenvalue weighted by atomic mass is 16.5. The number of anilines is 1. The molecule has 0 bridgehead atoms. The molecular formula is C14H15N3O2. The van der Waals surface area contributed by atoms with Crippen molar-refractivity contribution in [1.29, 1.82) is 0 Å². The quantitative estimate of drug-likeness (QED) is 0.885. The largest absolute Gasteiger partial charge is 0.368 e. The van der Waals surface area contributed by atoms with Gasteiger partial charge >= 0.3 is 0 Å². The summed E-state index contributed by atoms with van der Waals surface area (Å²) in [7, 11) is 0. The lowest BCUT2D eigenvalue weighted by atomic mass is 10.1. The molecule has 2 heterocycles. The molecule has 3 rings (SSSR count). The average molecular weight is 257 g/mol. The normalized spacial score (nSPS) is 18.4. The Balaban J connectivity index is 1.74. The summed E-state index contributed by atoms with van der Waals surface area (Å²) >= 11 is 0. The Bertz CT molecular complexity index is 560. The van der Waals surface area contributed by atoms with Crippen LogP contribution in [0.1, 0.15) is 12.8 Å². The van der Waals surface area contributed by atoms with Crippen molar-refractivity contribution in [2.45, 2.75) is 18.9 Å². The van der Waals surface area contributed by atoms with Gasteiger partial charge in [0.15, 0.2) is 0 Å². The number of rotatable bonds is 3. The first-order chi connectivity index (χ1) is 9.33. The number of hydrogen-bond acceptors (Lipinski definition) is 3. The van der Waals surface area contributed by atoms with Crippen molar-refractivity contribution in [1.82, 2.24) is 10.2 Å². The number of aromatic amines is 1. The molecular weight excluding hydrogens is 242 g/mol. The van der Waals surface area contributed by atoms with Gasteiger partial charge in [-0.2, -0.15) is 5.10 Å². The Kier molecular flexibility index (Phi) is 3.29. The van der Waals surface area contributed by atoms with Gasteiger partial charge in [-0.05, 0) is 31.0 Å². The molecule has 0 aliphatic carbocycles. The summed E-state index contributed by atoms with van der Waals surface area (Å²) in [6, 6.07) is 9.55. The topological polar surface area (TPSA) is 67.0 Å². The molecule has 0 saturated carbocycles. The number of amides is 1. The first-order valence-electron chi connectivity index (χ1n) is 6.35. The minimum atomic E-state index is -0.309. The Morgan fingerprint density at radius 1 is 1.42 bits per heavy atom. The molecule has 1 aliphatic heterocycles. The lowest BCUT2D eigenvalue weighted by Gasteiger charge is -2.11. The minimum absolute atomic E-state index is 0.0701.